The zero-order chi connectivity index (χ0) is 14.5. The first kappa shape index (κ1) is 14.0. The van der Waals surface area contributed by atoms with Gasteiger partial charge in [0.2, 0.25) is 5.75 Å². The summed E-state index contributed by atoms with van der Waals surface area (Å²) in [6.45, 7) is 3.93. The monoisotopic (exact) mass is 276 g/mol. The second-order valence-electron chi connectivity index (χ2n) is 4.38. The van der Waals surface area contributed by atoms with E-state index in [1.165, 1.54) is 18.2 Å². The number of rotatable bonds is 6. The molecule has 0 atom stereocenters. The first-order valence-corrected chi connectivity index (χ1v) is 6.36. The van der Waals surface area contributed by atoms with Gasteiger partial charge in [0.25, 0.3) is 0 Å². The molecule has 0 aliphatic heterocycles. The molecule has 1 aromatic carbocycles. The second-order valence-corrected chi connectivity index (χ2v) is 4.38. The van der Waals surface area contributed by atoms with Crippen LogP contribution in [-0.4, -0.2) is 16.8 Å². The lowest BCUT2D eigenvalue weighted by Gasteiger charge is -2.08. The van der Waals surface area contributed by atoms with Gasteiger partial charge in [-0.05, 0) is 31.4 Å². The molecule has 2 N–H and O–H groups in total. The van der Waals surface area contributed by atoms with Crippen LogP contribution in [0.3, 0.4) is 0 Å². The number of aromatic hydroxyl groups is 2. The van der Waals surface area contributed by atoms with Crippen molar-refractivity contribution in [3.05, 3.63) is 41.3 Å². The zero-order valence-corrected chi connectivity index (χ0v) is 11.0. The molecule has 0 aliphatic carbocycles. The molecule has 0 radical (unpaired) electrons. The van der Waals surface area contributed by atoms with Crippen molar-refractivity contribution in [3.8, 4) is 17.2 Å². The van der Waals surface area contributed by atoms with E-state index in [-0.39, 0.29) is 22.8 Å². The highest BCUT2D eigenvalue weighted by Gasteiger charge is 2.15. The predicted molar refractivity (Wildman–Crippen MR) is 75.4 cm³/mol. The molecule has 0 amide bonds. The van der Waals surface area contributed by atoms with Crippen molar-refractivity contribution in [2.45, 2.75) is 19.3 Å². The van der Waals surface area contributed by atoms with E-state index in [4.69, 9.17) is 9.15 Å². The molecule has 2 rings (SSSR count). The Morgan fingerprint density at radius 1 is 1.30 bits per heavy atom. The van der Waals surface area contributed by atoms with Crippen LogP contribution in [0.25, 0.3) is 11.0 Å². The van der Waals surface area contributed by atoms with Crippen LogP contribution >= 0.6 is 0 Å². The van der Waals surface area contributed by atoms with E-state index < -0.39 is 5.63 Å². The van der Waals surface area contributed by atoms with Crippen molar-refractivity contribution in [3.63, 3.8) is 0 Å². The number of allylic oxidation sites excluding steroid dienone is 1. The summed E-state index contributed by atoms with van der Waals surface area (Å²) < 4.78 is 10.3. The summed E-state index contributed by atoms with van der Waals surface area (Å²) in [7, 11) is 0. The number of unbranched alkanes of at least 4 members (excludes halogenated alkanes) is 2. The summed E-state index contributed by atoms with van der Waals surface area (Å²) in [6.07, 6.45) is 4.34. The van der Waals surface area contributed by atoms with Crippen LogP contribution in [0, 0.1) is 0 Å². The van der Waals surface area contributed by atoms with Gasteiger partial charge in [-0.15, -0.1) is 6.58 Å². The molecule has 0 unspecified atom stereocenters. The Morgan fingerprint density at radius 2 is 2.10 bits per heavy atom. The molecule has 2 aromatic rings. The first-order chi connectivity index (χ1) is 9.63. The van der Waals surface area contributed by atoms with Crippen LogP contribution < -0.4 is 10.4 Å². The number of fused-ring (bicyclic) bond motifs is 1. The maximum absolute atomic E-state index is 11.7. The number of phenolic OH excluding ortho intramolecular Hbond substituents is 1. The Bertz CT molecular complexity index is 672. The third kappa shape index (κ3) is 2.93. The number of phenols is 1. The molecule has 1 heterocycles. The maximum atomic E-state index is 11.7. The Morgan fingerprint density at radius 3 is 2.85 bits per heavy atom. The molecule has 20 heavy (non-hydrogen) atoms. The molecule has 0 spiro atoms. The average molecular weight is 276 g/mol. The summed E-state index contributed by atoms with van der Waals surface area (Å²) in [5, 5.41) is 19.7. The topological polar surface area (TPSA) is 79.9 Å². The lowest BCUT2D eigenvalue weighted by Crippen LogP contribution is -2.08. The Hall–Kier alpha value is -2.43. The van der Waals surface area contributed by atoms with Gasteiger partial charge in [-0.25, -0.2) is 4.79 Å². The first-order valence-electron chi connectivity index (χ1n) is 6.36. The minimum absolute atomic E-state index is 0.0434. The van der Waals surface area contributed by atoms with Crippen molar-refractivity contribution in [2.24, 2.45) is 0 Å². The highest BCUT2D eigenvalue weighted by atomic mass is 16.5. The molecule has 5 heteroatoms. The molecule has 0 saturated carbocycles. The molecule has 0 aliphatic rings. The molecule has 0 bridgehead atoms. The van der Waals surface area contributed by atoms with Crippen LogP contribution in [0.5, 0.6) is 17.2 Å². The van der Waals surface area contributed by atoms with E-state index in [1.54, 1.807) is 0 Å². The van der Waals surface area contributed by atoms with Crippen molar-refractivity contribution in [1.29, 1.82) is 0 Å². The van der Waals surface area contributed by atoms with E-state index in [9.17, 15) is 15.0 Å². The maximum Gasteiger partial charge on any atom is 0.383 e. The van der Waals surface area contributed by atoms with Gasteiger partial charge in [-0.1, -0.05) is 6.08 Å². The lowest BCUT2D eigenvalue weighted by molar-refractivity contribution is 0.277. The van der Waals surface area contributed by atoms with Gasteiger partial charge in [0.05, 0.1) is 12.0 Å². The minimum Gasteiger partial charge on any atom is -0.508 e. The highest BCUT2D eigenvalue weighted by molar-refractivity contribution is 5.86. The third-order valence-corrected chi connectivity index (χ3v) is 2.87. The molecule has 0 fully saturated rings. The number of ether oxygens (including phenoxy) is 1. The molecular weight excluding hydrogens is 260 g/mol. The van der Waals surface area contributed by atoms with Crippen LogP contribution in [-0.2, 0) is 0 Å². The van der Waals surface area contributed by atoms with E-state index in [0.717, 1.165) is 19.3 Å². The van der Waals surface area contributed by atoms with Crippen LogP contribution in [0.15, 0.2) is 40.1 Å². The minimum atomic E-state index is -0.760. The predicted octanol–water partition coefficient (Wildman–Crippen LogP) is 2.94. The standard InChI is InChI=1S/C15H16O5/c1-2-3-4-5-8-19-14-13(17)11-7-6-10(16)9-12(11)20-15(14)18/h2,6-7,9,16-17H,1,3-5,8H2. The van der Waals surface area contributed by atoms with E-state index >= 15 is 0 Å². The number of benzene rings is 1. The van der Waals surface area contributed by atoms with E-state index in [0.29, 0.717) is 12.0 Å². The summed E-state index contributed by atoms with van der Waals surface area (Å²) in [5.74, 6) is -0.500. The smallest absolute Gasteiger partial charge is 0.383 e. The lowest BCUT2D eigenvalue weighted by atomic mass is 10.2. The third-order valence-electron chi connectivity index (χ3n) is 2.87. The van der Waals surface area contributed by atoms with Crippen molar-refractivity contribution < 1.29 is 19.4 Å². The molecule has 1 aromatic heterocycles. The van der Waals surface area contributed by atoms with Crippen LogP contribution in [0.2, 0.25) is 0 Å². The Labute approximate surface area is 115 Å². The number of hydrogen-bond donors (Lipinski definition) is 2. The van der Waals surface area contributed by atoms with Gasteiger partial charge in [0.1, 0.15) is 11.3 Å². The Kier molecular flexibility index (Phi) is 4.30. The fourth-order valence-electron chi connectivity index (χ4n) is 1.85. The molecule has 0 saturated heterocycles. The normalized spacial score (nSPS) is 10.6. The van der Waals surface area contributed by atoms with Gasteiger partial charge >= 0.3 is 5.63 Å². The average Bonchev–Trinajstić information content (AvgIpc) is 2.41. The van der Waals surface area contributed by atoms with Gasteiger partial charge in [-0.3, -0.25) is 0 Å². The van der Waals surface area contributed by atoms with Crippen molar-refractivity contribution >= 4 is 11.0 Å². The molecule has 106 valence electrons. The van der Waals surface area contributed by atoms with Crippen LogP contribution in [0.1, 0.15) is 19.3 Å². The molecular formula is C15H16O5. The van der Waals surface area contributed by atoms with Gasteiger partial charge in [-0.2, -0.15) is 0 Å². The summed E-state index contributed by atoms with van der Waals surface area (Å²) in [4.78, 5) is 11.7. The number of hydrogen-bond acceptors (Lipinski definition) is 5. The van der Waals surface area contributed by atoms with Crippen LogP contribution in [0.4, 0.5) is 0 Å². The summed E-state index contributed by atoms with van der Waals surface area (Å²) in [6, 6.07) is 4.13. The molecule has 5 nitrogen and oxygen atoms in total. The summed E-state index contributed by atoms with van der Waals surface area (Å²) >= 11 is 0. The van der Waals surface area contributed by atoms with E-state index in [1.807, 2.05) is 6.08 Å². The SMILES string of the molecule is C=CCCCCOc1c(O)c2ccc(O)cc2oc1=O. The highest BCUT2D eigenvalue weighted by Crippen LogP contribution is 2.32. The zero-order valence-electron chi connectivity index (χ0n) is 11.0. The van der Waals surface area contributed by atoms with Gasteiger partial charge in [0, 0.05) is 6.07 Å². The second kappa shape index (κ2) is 6.14. The van der Waals surface area contributed by atoms with Gasteiger partial charge < -0.3 is 19.4 Å². The largest absolute Gasteiger partial charge is 0.508 e. The van der Waals surface area contributed by atoms with Crippen molar-refractivity contribution in [2.75, 3.05) is 6.61 Å². The summed E-state index contributed by atoms with van der Waals surface area (Å²) in [5.41, 5.74) is -0.643. The fraction of sp³-hybridized carbons (Fsp3) is 0.267. The van der Waals surface area contributed by atoms with Crippen molar-refractivity contribution in [1.82, 2.24) is 0 Å². The fourth-order valence-corrected chi connectivity index (χ4v) is 1.85. The van der Waals surface area contributed by atoms with Gasteiger partial charge in [0.15, 0.2) is 5.75 Å². The van der Waals surface area contributed by atoms with E-state index in [2.05, 4.69) is 6.58 Å². The Balaban J connectivity index is 2.23. The quantitative estimate of drug-likeness (QED) is 0.481.